The average Bonchev–Trinajstić information content (AvgIpc) is 3.35. The van der Waals surface area contributed by atoms with Gasteiger partial charge in [0.05, 0.1) is 12.1 Å². The molecule has 0 saturated carbocycles. The summed E-state index contributed by atoms with van der Waals surface area (Å²) in [5, 5.41) is 14.9. The fourth-order valence-electron chi connectivity index (χ4n) is 4.02. The first-order valence-corrected chi connectivity index (χ1v) is 9.33. The molecule has 5 heteroatoms. The topological polar surface area (TPSA) is 65.4 Å². The Morgan fingerprint density at radius 3 is 2.92 bits per heavy atom. The van der Waals surface area contributed by atoms with E-state index < -0.39 is 0 Å². The Morgan fingerprint density at radius 1 is 1.19 bits per heavy atom. The highest BCUT2D eigenvalue weighted by atomic mass is 16.5. The molecule has 2 aliphatic rings. The Morgan fingerprint density at radius 2 is 2.04 bits per heavy atom. The number of hydrogen-bond donors (Lipinski definition) is 1. The molecular formula is C21H23N3O2. The summed E-state index contributed by atoms with van der Waals surface area (Å²) in [6, 6.07) is 16.2. The van der Waals surface area contributed by atoms with E-state index in [2.05, 4.69) is 29.6 Å². The van der Waals surface area contributed by atoms with Crippen LogP contribution in [0, 0.1) is 11.3 Å². The van der Waals surface area contributed by atoms with E-state index in [1.807, 2.05) is 24.3 Å². The molecule has 2 heterocycles. The van der Waals surface area contributed by atoms with Crippen molar-refractivity contribution in [1.82, 2.24) is 10.2 Å². The van der Waals surface area contributed by atoms with Crippen molar-refractivity contribution in [2.45, 2.75) is 43.8 Å². The van der Waals surface area contributed by atoms with Gasteiger partial charge in [0, 0.05) is 18.0 Å². The van der Waals surface area contributed by atoms with E-state index in [1.54, 1.807) is 4.90 Å². The van der Waals surface area contributed by atoms with E-state index in [-0.39, 0.29) is 24.0 Å². The van der Waals surface area contributed by atoms with Gasteiger partial charge in [-0.15, -0.1) is 0 Å². The van der Waals surface area contributed by atoms with Crippen LogP contribution in [0.4, 0.5) is 0 Å². The van der Waals surface area contributed by atoms with Gasteiger partial charge in [0.15, 0.2) is 0 Å². The highest BCUT2D eigenvalue weighted by molar-refractivity contribution is 5.88. The molecule has 0 aliphatic carbocycles. The second-order valence-electron chi connectivity index (χ2n) is 7.10. The van der Waals surface area contributed by atoms with Crippen molar-refractivity contribution in [3.8, 4) is 11.8 Å². The van der Waals surface area contributed by atoms with Crippen molar-refractivity contribution in [2.24, 2.45) is 0 Å². The van der Waals surface area contributed by atoms with Gasteiger partial charge in [-0.05, 0) is 37.1 Å². The summed E-state index contributed by atoms with van der Waals surface area (Å²) in [6.45, 7) is 1.24. The third-order valence-corrected chi connectivity index (χ3v) is 5.41. The van der Waals surface area contributed by atoms with Crippen molar-refractivity contribution < 1.29 is 9.53 Å². The molecule has 4 rings (SSSR count). The van der Waals surface area contributed by atoms with Crippen molar-refractivity contribution in [3.05, 3.63) is 42.5 Å². The molecule has 1 N–H and O–H groups in total. The number of fused-ring (bicyclic) bond motifs is 1. The smallest absolute Gasteiger partial charge is 0.240 e. The van der Waals surface area contributed by atoms with Crippen LogP contribution in [0.2, 0.25) is 0 Å². The maximum Gasteiger partial charge on any atom is 0.240 e. The van der Waals surface area contributed by atoms with Crippen LogP contribution < -0.4 is 10.1 Å². The Bertz CT molecular complexity index is 839. The number of carbonyl (C=O) groups is 1. The molecular weight excluding hydrogens is 326 g/mol. The standard InChI is InChI=1S/C21H23N3O2/c22-13-17-7-4-12-24(17)21(25)19-11-10-16(23-19)14-26-20-9-3-6-15-5-1-2-8-18(15)20/h1-3,5-6,8-9,16-17,19,23H,4,7,10-12,14H2/t16-,17+,19-/m1/s1. The molecule has 5 nitrogen and oxygen atoms in total. The van der Waals surface area contributed by atoms with E-state index in [0.29, 0.717) is 13.2 Å². The molecule has 26 heavy (non-hydrogen) atoms. The van der Waals surface area contributed by atoms with Crippen molar-refractivity contribution in [2.75, 3.05) is 13.2 Å². The zero-order valence-electron chi connectivity index (χ0n) is 14.7. The highest BCUT2D eigenvalue weighted by Gasteiger charge is 2.36. The number of rotatable bonds is 4. The number of hydrogen-bond acceptors (Lipinski definition) is 4. The van der Waals surface area contributed by atoms with Gasteiger partial charge < -0.3 is 9.64 Å². The number of nitriles is 1. The molecule has 0 bridgehead atoms. The van der Waals surface area contributed by atoms with Crippen LogP contribution in [0.25, 0.3) is 10.8 Å². The zero-order valence-corrected chi connectivity index (χ0v) is 14.7. The molecule has 3 atom stereocenters. The fourth-order valence-corrected chi connectivity index (χ4v) is 4.02. The van der Waals surface area contributed by atoms with Crippen molar-refractivity contribution in [1.29, 1.82) is 5.26 Å². The first kappa shape index (κ1) is 16.9. The summed E-state index contributed by atoms with van der Waals surface area (Å²) < 4.78 is 6.06. The van der Waals surface area contributed by atoms with E-state index in [1.165, 1.54) is 0 Å². The third kappa shape index (κ3) is 3.25. The monoisotopic (exact) mass is 349 g/mol. The summed E-state index contributed by atoms with van der Waals surface area (Å²) in [4.78, 5) is 14.4. The fraction of sp³-hybridized carbons (Fsp3) is 0.429. The second-order valence-corrected chi connectivity index (χ2v) is 7.10. The van der Waals surface area contributed by atoms with E-state index in [4.69, 9.17) is 4.74 Å². The lowest BCUT2D eigenvalue weighted by Gasteiger charge is -2.24. The molecule has 2 aromatic rings. The molecule has 0 aromatic heterocycles. The lowest BCUT2D eigenvalue weighted by atomic mass is 10.1. The molecule has 0 spiro atoms. The minimum Gasteiger partial charge on any atom is -0.491 e. The summed E-state index contributed by atoms with van der Waals surface area (Å²) in [6.07, 6.45) is 3.43. The molecule has 134 valence electrons. The van der Waals surface area contributed by atoms with Gasteiger partial charge >= 0.3 is 0 Å². The maximum atomic E-state index is 12.7. The molecule has 0 unspecified atom stereocenters. The van der Waals surface area contributed by atoms with Crippen molar-refractivity contribution >= 4 is 16.7 Å². The predicted octanol–water partition coefficient (Wildman–Crippen LogP) is 2.85. The molecule has 1 amide bonds. The van der Waals surface area contributed by atoms with Gasteiger partial charge in [-0.25, -0.2) is 0 Å². The lowest BCUT2D eigenvalue weighted by Crippen LogP contribution is -2.47. The van der Waals surface area contributed by atoms with Gasteiger partial charge in [0.2, 0.25) is 5.91 Å². The van der Waals surface area contributed by atoms with E-state index in [9.17, 15) is 10.1 Å². The van der Waals surface area contributed by atoms with E-state index in [0.717, 1.165) is 42.2 Å². The third-order valence-electron chi connectivity index (χ3n) is 5.41. The number of amides is 1. The summed E-state index contributed by atoms with van der Waals surface area (Å²) >= 11 is 0. The second kappa shape index (κ2) is 7.35. The van der Waals surface area contributed by atoms with Crippen LogP contribution in [0.15, 0.2) is 42.5 Å². The maximum absolute atomic E-state index is 12.7. The van der Waals surface area contributed by atoms with Gasteiger partial charge in [0.1, 0.15) is 18.4 Å². The highest BCUT2D eigenvalue weighted by Crippen LogP contribution is 2.26. The number of carbonyl (C=O) groups excluding carboxylic acids is 1. The van der Waals surface area contributed by atoms with Crippen LogP contribution in [-0.2, 0) is 4.79 Å². The number of likely N-dealkylation sites (tertiary alicyclic amines) is 1. The quantitative estimate of drug-likeness (QED) is 0.922. The number of nitrogens with one attached hydrogen (secondary N) is 1. The zero-order chi connectivity index (χ0) is 17.9. The number of nitrogens with zero attached hydrogens (tertiary/aromatic N) is 2. The Balaban J connectivity index is 1.36. The van der Waals surface area contributed by atoms with Crippen LogP contribution in [0.1, 0.15) is 25.7 Å². The molecule has 0 radical (unpaired) electrons. The van der Waals surface area contributed by atoms with E-state index >= 15 is 0 Å². The normalized spacial score (nSPS) is 25.3. The Labute approximate surface area is 153 Å². The Kier molecular flexibility index (Phi) is 4.77. The first-order valence-electron chi connectivity index (χ1n) is 9.33. The average molecular weight is 349 g/mol. The van der Waals surface area contributed by atoms with Crippen molar-refractivity contribution in [3.63, 3.8) is 0 Å². The summed E-state index contributed by atoms with van der Waals surface area (Å²) in [5.74, 6) is 0.950. The number of ether oxygens (including phenoxy) is 1. The lowest BCUT2D eigenvalue weighted by molar-refractivity contribution is -0.133. The molecule has 2 saturated heterocycles. The number of benzene rings is 2. The SMILES string of the molecule is N#C[C@@H]1CCCN1C(=O)[C@H]1CC[C@H](COc2cccc3ccccc23)N1. The molecule has 2 aliphatic heterocycles. The minimum atomic E-state index is -0.254. The largest absolute Gasteiger partial charge is 0.491 e. The Hall–Kier alpha value is -2.58. The molecule has 2 fully saturated rings. The minimum absolute atomic E-state index is 0.0710. The summed E-state index contributed by atoms with van der Waals surface area (Å²) in [7, 11) is 0. The van der Waals surface area contributed by atoms with Gasteiger partial charge in [0.25, 0.3) is 0 Å². The molecule has 2 aromatic carbocycles. The van der Waals surface area contributed by atoms with Gasteiger partial charge in [-0.3, -0.25) is 10.1 Å². The van der Waals surface area contributed by atoms with Gasteiger partial charge in [-0.1, -0.05) is 36.4 Å². The van der Waals surface area contributed by atoms with Crippen LogP contribution in [0.5, 0.6) is 5.75 Å². The van der Waals surface area contributed by atoms with Gasteiger partial charge in [-0.2, -0.15) is 5.26 Å². The first-order chi connectivity index (χ1) is 12.8. The predicted molar refractivity (Wildman–Crippen MR) is 99.7 cm³/mol. The van der Waals surface area contributed by atoms with Crippen LogP contribution >= 0.6 is 0 Å². The van der Waals surface area contributed by atoms with Crippen LogP contribution in [-0.4, -0.2) is 42.1 Å². The summed E-state index contributed by atoms with van der Waals surface area (Å²) in [5.41, 5.74) is 0. The van der Waals surface area contributed by atoms with Crippen LogP contribution in [0.3, 0.4) is 0 Å².